The van der Waals surface area contributed by atoms with Crippen molar-refractivity contribution in [2.75, 3.05) is 13.2 Å². The molecular weight excluding hydrogens is 234 g/mol. The van der Waals surface area contributed by atoms with Gasteiger partial charge in [-0.1, -0.05) is 12.1 Å². The molecule has 0 spiro atoms. The zero-order chi connectivity index (χ0) is 13.1. The molecule has 0 aromatic rings. The van der Waals surface area contributed by atoms with Gasteiger partial charge in [0, 0.05) is 25.6 Å². The van der Waals surface area contributed by atoms with Crippen LogP contribution in [0.4, 0.5) is 0 Å². The number of ether oxygens (including phenoxy) is 1. The standard InChI is InChI=1S/C12H21N3O3/c1-8-5-7-18-11(8)12(16)15(9-2-3-9)6-4-10(13)14-17/h8-9,11,17H,2-7H2,1H3,(H2,13,14). The van der Waals surface area contributed by atoms with Crippen LogP contribution in [0.1, 0.15) is 32.6 Å². The predicted octanol–water partition coefficient (Wildman–Crippen LogP) is 0.539. The topological polar surface area (TPSA) is 88.2 Å². The Balaban J connectivity index is 1.94. The molecule has 0 aromatic carbocycles. The van der Waals surface area contributed by atoms with E-state index in [0.29, 0.717) is 25.6 Å². The van der Waals surface area contributed by atoms with E-state index in [1.165, 1.54) is 0 Å². The third-order valence-electron chi connectivity index (χ3n) is 3.64. The molecule has 1 saturated carbocycles. The lowest BCUT2D eigenvalue weighted by Crippen LogP contribution is -2.43. The number of carbonyl (C=O) groups excluding carboxylic acids is 1. The van der Waals surface area contributed by atoms with E-state index in [1.54, 1.807) is 0 Å². The van der Waals surface area contributed by atoms with Gasteiger partial charge in [-0.15, -0.1) is 0 Å². The lowest BCUT2D eigenvalue weighted by atomic mass is 10.0. The summed E-state index contributed by atoms with van der Waals surface area (Å²) in [5.41, 5.74) is 5.45. The maximum absolute atomic E-state index is 12.4. The van der Waals surface area contributed by atoms with Crippen LogP contribution < -0.4 is 5.73 Å². The highest BCUT2D eigenvalue weighted by atomic mass is 16.5. The molecule has 1 saturated heterocycles. The summed E-state index contributed by atoms with van der Waals surface area (Å²) in [6, 6.07) is 0.320. The molecule has 1 amide bonds. The van der Waals surface area contributed by atoms with Crippen LogP contribution in [-0.2, 0) is 9.53 Å². The second kappa shape index (κ2) is 5.56. The number of carbonyl (C=O) groups is 1. The van der Waals surface area contributed by atoms with Crippen LogP contribution in [0.25, 0.3) is 0 Å². The maximum atomic E-state index is 12.4. The Morgan fingerprint density at radius 2 is 2.22 bits per heavy atom. The predicted molar refractivity (Wildman–Crippen MR) is 66.3 cm³/mol. The largest absolute Gasteiger partial charge is 0.409 e. The molecule has 0 radical (unpaired) electrons. The molecule has 2 atom stereocenters. The maximum Gasteiger partial charge on any atom is 0.252 e. The highest BCUT2D eigenvalue weighted by Gasteiger charge is 2.39. The number of hydrogen-bond donors (Lipinski definition) is 2. The molecule has 2 rings (SSSR count). The third kappa shape index (κ3) is 2.93. The molecular formula is C12H21N3O3. The Morgan fingerprint density at radius 3 is 2.72 bits per heavy atom. The van der Waals surface area contributed by atoms with E-state index in [2.05, 4.69) is 5.16 Å². The Morgan fingerprint density at radius 1 is 1.50 bits per heavy atom. The van der Waals surface area contributed by atoms with Crippen molar-refractivity contribution in [2.24, 2.45) is 16.8 Å². The first-order valence-electron chi connectivity index (χ1n) is 6.52. The van der Waals surface area contributed by atoms with E-state index in [0.717, 1.165) is 19.3 Å². The van der Waals surface area contributed by atoms with Crippen molar-refractivity contribution in [1.82, 2.24) is 4.90 Å². The summed E-state index contributed by atoms with van der Waals surface area (Å²) in [5.74, 6) is 0.504. The van der Waals surface area contributed by atoms with Crippen LogP contribution in [-0.4, -0.2) is 47.1 Å². The van der Waals surface area contributed by atoms with E-state index in [4.69, 9.17) is 15.7 Å². The van der Waals surface area contributed by atoms with E-state index < -0.39 is 0 Å². The van der Waals surface area contributed by atoms with Gasteiger partial charge in [0.25, 0.3) is 5.91 Å². The normalized spacial score (nSPS) is 28.4. The van der Waals surface area contributed by atoms with Gasteiger partial charge >= 0.3 is 0 Å². The van der Waals surface area contributed by atoms with Crippen molar-refractivity contribution < 1.29 is 14.7 Å². The van der Waals surface area contributed by atoms with E-state index in [-0.39, 0.29) is 23.8 Å². The first-order valence-corrected chi connectivity index (χ1v) is 6.52. The van der Waals surface area contributed by atoms with Crippen molar-refractivity contribution in [3.8, 4) is 0 Å². The lowest BCUT2D eigenvalue weighted by Gasteiger charge is -2.26. The molecule has 1 aliphatic carbocycles. The van der Waals surface area contributed by atoms with Crippen molar-refractivity contribution in [1.29, 1.82) is 0 Å². The van der Waals surface area contributed by atoms with Crippen LogP contribution in [0.5, 0.6) is 0 Å². The van der Waals surface area contributed by atoms with Gasteiger partial charge < -0.3 is 20.6 Å². The summed E-state index contributed by atoms with van der Waals surface area (Å²) in [5, 5.41) is 11.5. The summed E-state index contributed by atoms with van der Waals surface area (Å²) < 4.78 is 5.52. The molecule has 102 valence electrons. The average molecular weight is 255 g/mol. The Labute approximate surface area is 107 Å². The van der Waals surface area contributed by atoms with Crippen molar-refractivity contribution in [3.05, 3.63) is 0 Å². The summed E-state index contributed by atoms with van der Waals surface area (Å²) in [4.78, 5) is 14.2. The number of nitrogens with zero attached hydrogens (tertiary/aromatic N) is 2. The van der Waals surface area contributed by atoms with E-state index >= 15 is 0 Å². The minimum atomic E-state index is -0.308. The fraction of sp³-hybridized carbons (Fsp3) is 0.833. The SMILES string of the molecule is CC1CCOC1C(=O)N(CCC(N)=NO)C1CC1. The second-order valence-corrected chi connectivity index (χ2v) is 5.16. The molecule has 0 aromatic heterocycles. The van der Waals surface area contributed by atoms with Gasteiger partial charge in [-0.3, -0.25) is 4.79 Å². The first kappa shape index (κ1) is 13.1. The van der Waals surface area contributed by atoms with Gasteiger partial charge in [0.15, 0.2) is 0 Å². The fourth-order valence-electron chi connectivity index (χ4n) is 2.32. The summed E-state index contributed by atoms with van der Waals surface area (Å²) in [6.07, 6.45) is 3.12. The molecule has 2 unspecified atom stereocenters. The number of rotatable bonds is 5. The number of oxime groups is 1. The van der Waals surface area contributed by atoms with Gasteiger partial charge in [0.05, 0.1) is 0 Å². The molecule has 1 heterocycles. The molecule has 2 fully saturated rings. The molecule has 6 heteroatoms. The van der Waals surface area contributed by atoms with E-state index in [9.17, 15) is 4.79 Å². The van der Waals surface area contributed by atoms with Crippen LogP contribution in [0.2, 0.25) is 0 Å². The van der Waals surface area contributed by atoms with Crippen molar-refractivity contribution in [3.63, 3.8) is 0 Å². The number of amidine groups is 1. The van der Waals surface area contributed by atoms with Gasteiger partial charge in [-0.05, 0) is 25.2 Å². The number of nitrogens with two attached hydrogens (primary N) is 1. The summed E-state index contributed by atoms with van der Waals surface area (Å²) >= 11 is 0. The summed E-state index contributed by atoms with van der Waals surface area (Å²) in [6.45, 7) is 3.21. The van der Waals surface area contributed by atoms with Crippen molar-refractivity contribution in [2.45, 2.75) is 44.8 Å². The highest BCUT2D eigenvalue weighted by molar-refractivity contribution is 5.84. The number of hydrogen-bond acceptors (Lipinski definition) is 4. The minimum absolute atomic E-state index is 0.0632. The van der Waals surface area contributed by atoms with Crippen LogP contribution >= 0.6 is 0 Å². The average Bonchev–Trinajstić information content (AvgIpc) is 3.10. The Bertz CT molecular complexity index is 341. The first-order chi connectivity index (χ1) is 8.63. The highest BCUT2D eigenvalue weighted by Crippen LogP contribution is 2.30. The van der Waals surface area contributed by atoms with Crippen molar-refractivity contribution >= 4 is 11.7 Å². The minimum Gasteiger partial charge on any atom is -0.409 e. The zero-order valence-electron chi connectivity index (χ0n) is 10.7. The quantitative estimate of drug-likeness (QED) is 0.325. The smallest absolute Gasteiger partial charge is 0.252 e. The Hall–Kier alpha value is -1.30. The molecule has 18 heavy (non-hydrogen) atoms. The van der Waals surface area contributed by atoms with Gasteiger partial charge in [-0.25, -0.2) is 0 Å². The zero-order valence-corrected chi connectivity index (χ0v) is 10.7. The Kier molecular flexibility index (Phi) is 4.06. The summed E-state index contributed by atoms with van der Waals surface area (Å²) in [7, 11) is 0. The number of amides is 1. The van der Waals surface area contributed by atoms with E-state index in [1.807, 2.05) is 11.8 Å². The second-order valence-electron chi connectivity index (χ2n) is 5.16. The van der Waals surface area contributed by atoms with Gasteiger partial charge in [0.1, 0.15) is 11.9 Å². The molecule has 1 aliphatic heterocycles. The lowest BCUT2D eigenvalue weighted by molar-refractivity contribution is -0.143. The molecule has 2 aliphatic rings. The van der Waals surface area contributed by atoms with Crippen LogP contribution in [0.3, 0.4) is 0 Å². The fourth-order valence-corrected chi connectivity index (χ4v) is 2.32. The van der Waals surface area contributed by atoms with Gasteiger partial charge in [-0.2, -0.15) is 0 Å². The van der Waals surface area contributed by atoms with Crippen LogP contribution in [0, 0.1) is 5.92 Å². The molecule has 6 nitrogen and oxygen atoms in total. The van der Waals surface area contributed by atoms with Gasteiger partial charge in [0.2, 0.25) is 0 Å². The molecule has 0 bridgehead atoms. The third-order valence-corrected chi connectivity index (χ3v) is 3.64. The monoisotopic (exact) mass is 255 g/mol. The molecule has 3 N–H and O–H groups in total. The van der Waals surface area contributed by atoms with Crippen LogP contribution in [0.15, 0.2) is 5.16 Å².